The van der Waals surface area contributed by atoms with Crippen LogP contribution in [0.25, 0.3) is 11.1 Å². The number of ether oxygens (including phenoxy) is 1. The molecule has 0 aliphatic rings. The second-order valence-electron chi connectivity index (χ2n) is 5.07. The summed E-state index contributed by atoms with van der Waals surface area (Å²) in [5.41, 5.74) is 3.40. The fraction of sp³-hybridized carbons (Fsp3) is 0.0500. The Morgan fingerprint density at radius 2 is 1.65 bits per heavy atom. The van der Waals surface area contributed by atoms with Crippen LogP contribution in [0.5, 0.6) is 5.75 Å². The van der Waals surface area contributed by atoms with Crippen molar-refractivity contribution in [2.24, 2.45) is 0 Å². The Kier molecular flexibility index (Phi) is 4.35. The van der Waals surface area contributed by atoms with Crippen LogP contribution in [0.15, 0.2) is 72.8 Å². The fourth-order valence-electron chi connectivity index (χ4n) is 2.39. The molecule has 0 radical (unpaired) electrons. The fourth-order valence-corrected chi connectivity index (χ4v) is 2.39. The molecule has 0 amide bonds. The van der Waals surface area contributed by atoms with E-state index in [0.717, 1.165) is 16.7 Å². The Morgan fingerprint density at radius 1 is 0.913 bits per heavy atom. The number of nitrogens with zero attached hydrogens (tertiary/aromatic N) is 1. The van der Waals surface area contributed by atoms with Crippen LogP contribution in [0.2, 0.25) is 0 Å². The second-order valence-corrected chi connectivity index (χ2v) is 5.07. The lowest BCUT2D eigenvalue weighted by Gasteiger charge is -2.12. The highest BCUT2D eigenvalue weighted by atomic mass is 19.1. The van der Waals surface area contributed by atoms with Gasteiger partial charge in [0.1, 0.15) is 6.61 Å². The minimum atomic E-state index is -0.527. The zero-order valence-corrected chi connectivity index (χ0v) is 12.4. The highest BCUT2D eigenvalue weighted by Gasteiger charge is 2.08. The van der Waals surface area contributed by atoms with Crippen LogP contribution in [0.3, 0.4) is 0 Å². The molecule has 0 saturated heterocycles. The molecule has 3 heteroatoms. The van der Waals surface area contributed by atoms with E-state index in [1.165, 1.54) is 12.1 Å². The summed E-state index contributed by atoms with van der Waals surface area (Å²) >= 11 is 0. The van der Waals surface area contributed by atoms with Crippen LogP contribution < -0.4 is 4.74 Å². The van der Waals surface area contributed by atoms with Crippen molar-refractivity contribution < 1.29 is 9.13 Å². The summed E-state index contributed by atoms with van der Waals surface area (Å²) < 4.78 is 19.5. The Morgan fingerprint density at radius 3 is 2.39 bits per heavy atom. The normalized spacial score (nSPS) is 10.1. The van der Waals surface area contributed by atoms with Crippen LogP contribution in [-0.4, -0.2) is 0 Å². The molecule has 0 atom stereocenters. The first-order valence-electron chi connectivity index (χ1n) is 7.24. The molecule has 0 bridgehead atoms. The van der Waals surface area contributed by atoms with E-state index in [9.17, 15) is 4.39 Å². The first kappa shape index (κ1) is 14.8. The van der Waals surface area contributed by atoms with E-state index in [2.05, 4.69) is 0 Å². The second kappa shape index (κ2) is 6.76. The lowest BCUT2D eigenvalue weighted by molar-refractivity contribution is 0.291. The van der Waals surface area contributed by atoms with Gasteiger partial charge < -0.3 is 4.74 Å². The van der Waals surface area contributed by atoms with Gasteiger partial charge in [0.25, 0.3) is 0 Å². The molecule has 112 valence electrons. The minimum absolute atomic E-state index is 0.145. The van der Waals surface area contributed by atoms with Crippen molar-refractivity contribution in [3.8, 4) is 22.9 Å². The lowest BCUT2D eigenvalue weighted by Crippen LogP contribution is -1.99. The highest BCUT2D eigenvalue weighted by Crippen LogP contribution is 2.25. The summed E-state index contributed by atoms with van der Waals surface area (Å²) in [4.78, 5) is 0. The van der Waals surface area contributed by atoms with Gasteiger partial charge in [0.15, 0.2) is 11.6 Å². The smallest absolute Gasteiger partial charge is 0.166 e. The zero-order chi connectivity index (χ0) is 16.1. The van der Waals surface area contributed by atoms with Gasteiger partial charge in [0.05, 0.1) is 11.6 Å². The van der Waals surface area contributed by atoms with E-state index in [1.807, 2.05) is 60.7 Å². The monoisotopic (exact) mass is 303 g/mol. The average molecular weight is 303 g/mol. The molecule has 3 rings (SSSR count). The van der Waals surface area contributed by atoms with E-state index in [0.29, 0.717) is 0 Å². The number of halogens is 1. The van der Waals surface area contributed by atoms with Gasteiger partial charge in [0.2, 0.25) is 0 Å². The summed E-state index contributed by atoms with van der Waals surface area (Å²) in [7, 11) is 0. The quantitative estimate of drug-likeness (QED) is 0.683. The maximum Gasteiger partial charge on any atom is 0.166 e. The number of hydrogen-bond acceptors (Lipinski definition) is 2. The molecule has 3 aromatic carbocycles. The van der Waals surface area contributed by atoms with Gasteiger partial charge in [-0.05, 0) is 34.9 Å². The van der Waals surface area contributed by atoms with Gasteiger partial charge in [-0.15, -0.1) is 0 Å². The standard InChI is InChI=1S/C20H14FNO/c21-19-12-15(13-22)10-11-20(19)23-14-17-8-4-5-9-18(17)16-6-2-1-3-7-16/h1-12H,14H2. The molecule has 0 aromatic heterocycles. The molecule has 0 saturated carbocycles. The molecule has 0 spiro atoms. The Balaban J connectivity index is 1.83. The zero-order valence-electron chi connectivity index (χ0n) is 12.4. The summed E-state index contributed by atoms with van der Waals surface area (Å²) in [6.45, 7) is 0.258. The third-order valence-electron chi connectivity index (χ3n) is 3.55. The molecule has 0 unspecified atom stereocenters. The summed E-state index contributed by atoms with van der Waals surface area (Å²) in [5, 5.41) is 8.77. The summed E-state index contributed by atoms with van der Waals surface area (Å²) in [5.74, 6) is -0.381. The van der Waals surface area contributed by atoms with Crippen LogP contribution in [-0.2, 0) is 6.61 Å². The Hall–Kier alpha value is -3.12. The van der Waals surface area contributed by atoms with Crippen molar-refractivity contribution in [2.45, 2.75) is 6.61 Å². The predicted octanol–water partition coefficient (Wildman–Crippen LogP) is 4.94. The number of benzene rings is 3. The molecule has 23 heavy (non-hydrogen) atoms. The number of rotatable bonds is 4. The van der Waals surface area contributed by atoms with Gasteiger partial charge in [-0.25, -0.2) is 4.39 Å². The first-order valence-corrected chi connectivity index (χ1v) is 7.24. The van der Waals surface area contributed by atoms with Gasteiger partial charge in [-0.2, -0.15) is 5.26 Å². The molecule has 0 fully saturated rings. The van der Waals surface area contributed by atoms with Crippen molar-refractivity contribution in [1.82, 2.24) is 0 Å². The third-order valence-corrected chi connectivity index (χ3v) is 3.55. The maximum absolute atomic E-state index is 13.9. The van der Waals surface area contributed by atoms with Crippen molar-refractivity contribution in [1.29, 1.82) is 5.26 Å². The molecule has 0 aliphatic carbocycles. The predicted molar refractivity (Wildman–Crippen MR) is 87.3 cm³/mol. The average Bonchev–Trinajstić information content (AvgIpc) is 2.61. The van der Waals surface area contributed by atoms with Gasteiger partial charge >= 0.3 is 0 Å². The first-order chi connectivity index (χ1) is 11.3. The van der Waals surface area contributed by atoms with E-state index in [1.54, 1.807) is 6.07 Å². The molecule has 0 aliphatic heterocycles. The highest BCUT2D eigenvalue weighted by molar-refractivity contribution is 5.67. The molecule has 3 aromatic rings. The minimum Gasteiger partial charge on any atom is -0.486 e. The molecular weight excluding hydrogens is 289 g/mol. The van der Waals surface area contributed by atoms with Crippen LogP contribution >= 0.6 is 0 Å². The molecule has 2 nitrogen and oxygen atoms in total. The number of hydrogen-bond donors (Lipinski definition) is 0. The van der Waals surface area contributed by atoms with Crippen LogP contribution in [0.4, 0.5) is 4.39 Å². The third kappa shape index (κ3) is 3.38. The van der Waals surface area contributed by atoms with Crippen molar-refractivity contribution >= 4 is 0 Å². The van der Waals surface area contributed by atoms with E-state index >= 15 is 0 Å². The summed E-state index contributed by atoms with van der Waals surface area (Å²) in [6, 6.07) is 24.0. The Bertz CT molecular complexity index is 853. The van der Waals surface area contributed by atoms with Gasteiger partial charge in [-0.1, -0.05) is 54.6 Å². The van der Waals surface area contributed by atoms with Crippen molar-refractivity contribution in [3.05, 3.63) is 89.7 Å². The van der Waals surface area contributed by atoms with E-state index in [4.69, 9.17) is 10.00 Å². The van der Waals surface area contributed by atoms with Crippen LogP contribution in [0.1, 0.15) is 11.1 Å². The van der Waals surface area contributed by atoms with Gasteiger partial charge in [0, 0.05) is 0 Å². The van der Waals surface area contributed by atoms with Gasteiger partial charge in [-0.3, -0.25) is 0 Å². The molecular formula is C20H14FNO. The summed E-state index contributed by atoms with van der Waals surface area (Å²) in [6.07, 6.45) is 0. The maximum atomic E-state index is 13.9. The SMILES string of the molecule is N#Cc1ccc(OCc2ccccc2-c2ccccc2)c(F)c1. The molecule has 0 heterocycles. The molecule has 0 N–H and O–H groups in total. The largest absolute Gasteiger partial charge is 0.486 e. The number of nitriles is 1. The Labute approximate surface area is 134 Å². The van der Waals surface area contributed by atoms with Crippen LogP contribution in [0, 0.1) is 17.1 Å². The van der Waals surface area contributed by atoms with E-state index < -0.39 is 5.82 Å². The van der Waals surface area contributed by atoms with E-state index in [-0.39, 0.29) is 17.9 Å². The topological polar surface area (TPSA) is 33.0 Å². The van der Waals surface area contributed by atoms with Crippen molar-refractivity contribution in [3.63, 3.8) is 0 Å². The lowest BCUT2D eigenvalue weighted by atomic mass is 10.0. The van der Waals surface area contributed by atoms with Crippen molar-refractivity contribution in [2.75, 3.05) is 0 Å².